The van der Waals surface area contributed by atoms with Crippen molar-refractivity contribution in [2.45, 2.75) is 33.2 Å². The molecule has 0 radical (unpaired) electrons. The molecule has 4 nitrogen and oxygen atoms in total. The number of carbonyl (C=O) groups excluding carboxylic acids is 2. The zero-order valence-electron chi connectivity index (χ0n) is 15.6. The first kappa shape index (κ1) is 17.9. The van der Waals surface area contributed by atoms with Gasteiger partial charge in [0, 0.05) is 5.56 Å². The van der Waals surface area contributed by atoms with E-state index in [0.717, 1.165) is 11.1 Å². The van der Waals surface area contributed by atoms with Crippen LogP contribution in [0.3, 0.4) is 0 Å². The van der Waals surface area contributed by atoms with Crippen LogP contribution >= 0.6 is 0 Å². The number of amides is 1. The van der Waals surface area contributed by atoms with E-state index < -0.39 is 5.54 Å². The Morgan fingerprint density at radius 3 is 2.27 bits per heavy atom. The number of ketones is 1. The molecule has 1 aliphatic rings. The third-order valence-electron chi connectivity index (χ3n) is 4.90. The average molecular weight is 349 g/mol. The van der Waals surface area contributed by atoms with Crippen LogP contribution in [-0.2, 0) is 9.53 Å². The van der Waals surface area contributed by atoms with E-state index in [9.17, 15) is 9.59 Å². The van der Waals surface area contributed by atoms with Crippen molar-refractivity contribution in [1.82, 2.24) is 4.90 Å². The van der Waals surface area contributed by atoms with Crippen LogP contribution in [0.1, 0.15) is 42.3 Å². The van der Waals surface area contributed by atoms with Crippen LogP contribution in [0.2, 0.25) is 0 Å². The molecule has 2 aromatic rings. The number of benzene rings is 2. The lowest BCUT2D eigenvalue weighted by Crippen LogP contribution is -2.55. The monoisotopic (exact) mass is 349 g/mol. The first-order valence-electron chi connectivity index (χ1n) is 8.65. The van der Waals surface area contributed by atoms with Gasteiger partial charge in [0.25, 0.3) is 5.91 Å². The molecule has 0 aliphatic carbocycles. The van der Waals surface area contributed by atoms with Crippen LogP contribution in [0.5, 0.6) is 0 Å². The van der Waals surface area contributed by atoms with Gasteiger partial charge in [0.2, 0.25) is 0 Å². The van der Waals surface area contributed by atoms with Crippen LogP contribution < -0.4 is 0 Å². The predicted molar refractivity (Wildman–Crippen MR) is 101 cm³/mol. The number of allylic oxidation sites excluding steroid dienone is 1. The molecule has 134 valence electrons. The molecule has 0 fully saturated rings. The molecule has 1 heterocycles. The number of nitrogens with zero attached hydrogens (tertiary/aromatic N) is 1. The minimum Gasteiger partial charge on any atom is -0.477 e. The molecule has 0 atom stereocenters. The van der Waals surface area contributed by atoms with Gasteiger partial charge in [-0.05, 0) is 38.8 Å². The van der Waals surface area contributed by atoms with Gasteiger partial charge in [-0.3, -0.25) is 14.5 Å². The fourth-order valence-corrected chi connectivity index (χ4v) is 3.20. The van der Waals surface area contributed by atoms with Gasteiger partial charge >= 0.3 is 0 Å². The summed E-state index contributed by atoms with van der Waals surface area (Å²) >= 11 is 0. The Morgan fingerprint density at radius 1 is 1.00 bits per heavy atom. The Balaban J connectivity index is 1.98. The number of rotatable bonds is 4. The fourth-order valence-electron chi connectivity index (χ4n) is 3.20. The first-order chi connectivity index (χ1) is 12.3. The summed E-state index contributed by atoms with van der Waals surface area (Å²) in [5, 5.41) is 0. The molecule has 0 saturated carbocycles. The van der Waals surface area contributed by atoms with E-state index in [4.69, 9.17) is 4.74 Å². The molecule has 26 heavy (non-hydrogen) atoms. The summed E-state index contributed by atoms with van der Waals surface area (Å²) in [4.78, 5) is 27.9. The molecule has 0 aromatic heterocycles. The molecular weight excluding hydrogens is 326 g/mol. The average Bonchev–Trinajstić information content (AvgIpc) is 2.62. The zero-order valence-corrected chi connectivity index (χ0v) is 15.6. The molecule has 0 N–H and O–H groups in total. The normalized spacial score (nSPS) is 15.1. The molecule has 0 spiro atoms. The second-order valence-electron chi connectivity index (χ2n) is 7.01. The summed E-state index contributed by atoms with van der Waals surface area (Å²) in [5.74, 6) is 0.294. The highest BCUT2D eigenvalue weighted by Gasteiger charge is 2.42. The summed E-state index contributed by atoms with van der Waals surface area (Å²) in [5.41, 5.74) is 1.79. The third kappa shape index (κ3) is 3.03. The maximum atomic E-state index is 13.2. The van der Waals surface area contributed by atoms with Gasteiger partial charge in [0.1, 0.15) is 11.3 Å². The Kier molecular flexibility index (Phi) is 4.68. The quantitative estimate of drug-likeness (QED) is 0.777. The molecule has 0 saturated heterocycles. The molecule has 1 aliphatic heterocycles. The van der Waals surface area contributed by atoms with Gasteiger partial charge in [-0.15, -0.1) is 0 Å². The smallest absolute Gasteiger partial charge is 0.261 e. The molecule has 2 aromatic carbocycles. The molecule has 1 amide bonds. The van der Waals surface area contributed by atoms with E-state index in [1.54, 1.807) is 26.8 Å². The third-order valence-corrected chi connectivity index (χ3v) is 4.90. The lowest BCUT2D eigenvalue weighted by molar-refractivity contribution is -0.136. The number of hydrogen-bond acceptors (Lipinski definition) is 3. The van der Waals surface area contributed by atoms with Gasteiger partial charge < -0.3 is 4.74 Å². The number of Topliss-reactive ketones (excluding diaryl/α,β-unsaturated/α-hetero) is 1. The summed E-state index contributed by atoms with van der Waals surface area (Å²) in [6.07, 6.45) is 0. The maximum Gasteiger partial charge on any atom is 0.261 e. The fraction of sp³-hybridized carbons (Fsp3) is 0.273. The van der Waals surface area contributed by atoms with Crippen molar-refractivity contribution in [3.05, 3.63) is 77.0 Å². The lowest BCUT2D eigenvalue weighted by atomic mass is 9.88. The number of ether oxygens (including phenoxy) is 1. The SMILES string of the molecule is CC1=C(c2ccccc2)C(=O)N(C(C)(C)C(=O)c2ccccc2C)CO1. The van der Waals surface area contributed by atoms with Crippen molar-refractivity contribution in [1.29, 1.82) is 0 Å². The Hall–Kier alpha value is -2.88. The van der Waals surface area contributed by atoms with E-state index >= 15 is 0 Å². The summed E-state index contributed by atoms with van der Waals surface area (Å²) in [6, 6.07) is 16.8. The molecule has 4 heteroatoms. The Morgan fingerprint density at radius 2 is 1.62 bits per heavy atom. The van der Waals surface area contributed by atoms with Crippen LogP contribution in [0.25, 0.3) is 5.57 Å². The molecule has 0 bridgehead atoms. The standard InChI is InChI=1S/C22H23NO3/c1-15-10-8-9-13-18(15)20(24)22(3,4)23-14-26-16(2)19(21(23)25)17-11-6-5-7-12-17/h5-13H,14H2,1-4H3. The van der Waals surface area contributed by atoms with Crippen molar-refractivity contribution >= 4 is 17.3 Å². The molecule has 3 rings (SSSR count). The highest BCUT2D eigenvalue weighted by Crippen LogP contribution is 2.32. The predicted octanol–water partition coefficient (Wildman–Crippen LogP) is 4.20. The van der Waals surface area contributed by atoms with Gasteiger partial charge in [-0.1, -0.05) is 54.6 Å². The van der Waals surface area contributed by atoms with E-state index in [1.807, 2.05) is 55.5 Å². The van der Waals surface area contributed by atoms with E-state index in [-0.39, 0.29) is 18.4 Å². The highest BCUT2D eigenvalue weighted by molar-refractivity contribution is 6.22. The van der Waals surface area contributed by atoms with E-state index in [0.29, 0.717) is 16.9 Å². The van der Waals surface area contributed by atoms with Gasteiger partial charge in [0.05, 0.1) is 5.57 Å². The number of aryl methyl sites for hydroxylation is 1. The van der Waals surface area contributed by atoms with Crippen molar-refractivity contribution in [3.8, 4) is 0 Å². The van der Waals surface area contributed by atoms with Gasteiger partial charge in [-0.2, -0.15) is 0 Å². The van der Waals surface area contributed by atoms with Gasteiger partial charge in [-0.25, -0.2) is 0 Å². The first-order valence-corrected chi connectivity index (χ1v) is 8.65. The van der Waals surface area contributed by atoms with E-state index in [2.05, 4.69) is 0 Å². The minimum absolute atomic E-state index is 0.0611. The second-order valence-corrected chi connectivity index (χ2v) is 7.01. The van der Waals surface area contributed by atoms with Crippen LogP contribution in [-0.4, -0.2) is 28.9 Å². The number of hydrogen-bond donors (Lipinski definition) is 0. The summed E-state index contributed by atoms with van der Waals surface area (Å²) in [6.45, 7) is 7.29. The molecular formula is C22H23NO3. The molecule has 0 unspecified atom stereocenters. The van der Waals surface area contributed by atoms with Crippen LogP contribution in [0.15, 0.2) is 60.4 Å². The summed E-state index contributed by atoms with van der Waals surface area (Å²) < 4.78 is 5.76. The van der Waals surface area contributed by atoms with Crippen molar-refractivity contribution in [2.24, 2.45) is 0 Å². The Labute approximate surface area is 154 Å². The zero-order chi connectivity index (χ0) is 18.9. The van der Waals surface area contributed by atoms with Crippen molar-refractivity contribution in [2.75, 3.05) is 6.73 Å². The van der Waals surface area contributed by atoms with Crippen LogP contribution in [0, 0.1) is 6.92 Å². The minimum atomic E-state index is -1.02. The number of carbonyl (C=O) groups is 2. The maximum absolute atomic E-state index is 13.2. The summed E-state index contributed by atoms with van der Waals surface area (Å²) in [7, 11) is 0. The Bertz CT molecular complexity index is 881. The second kappa shape index (κ2) is 6.79. The van der Waals surface area contributed by atoms with Gasteiger partial charge in [0.15, 0.2) is 12.5 Å². The largest absolute Gasteiger partial charge is 0.477 e. The highest BCUT2D eigenvalue weighted by atomic mass is 16.5. The van der Waals surface area contributed by atoms with Crippen LogP contribution in [0.4, 0.5) is 0 Å². The lowest BCUT2D eigenvalue weighted by Gasteiger charge is -2.40. The van der Waals surface area contributed by atoms with Crippen molar-refractivity contribution in [3.63, 3.8) is 0 Å². The topological polar surface area (TPSA) is 46.6 Å². The van der Waals surface area contributed by atoms with Crippen molar-refractivity contribution < 1.29 is 14.3 Å². The van der Waals surface area contributed by atoms with E-state index in [1.165, 1.54) is 4.90 Å².